The average Bonchev–Trinajstić information content (AvgIpc) is 3.28. The second-order valence-electron chi connectivity index (χ2n) is 10.4. The van der Waals surface area contributed by atoms with Crippen molar-refractivity contribution in [2.45, 2.75) is 53.1 Å². The summed E-state index contributed by atoms with van der Waals surface area (Å²) in [7, 11) is 0. The number of ether oxygens (including phenoxy) is 2. The lowest BCUT2D eigenvalue weighted by Gasteiger charge is -2.28. The van der Waals surface area contributed by atoms with Crippen LogP contribution in [0.3, 0.4) is 0 Å². The van der Waals surface area contributed by atoms with Crippen molar-refractivity contribution in [3.63, 3.8) is 0 Å². The minimum atomic E-state index is -2.25. The fourth-order valence-electron chi connectivity index (χ4n) is 5.31. The fraction of sp³-hybridized carbons (Fsp3) is 0.333. The van der Waals surface area contributed by atoms with Crippen LogP contribution in [0.1, 0.15) is 47.9 Å². The van der Waals surface area contributed by atoms with Gasteiger partial charge in [-0.1, -0.05) is 12.1 Å². The molecule has 3 heterocycles. The molecule has 1 aliphatic rings. The predicted molar refractivity (Wildman–Crippen MR) is 145 cm³/mol. The first-order valence-electron chi connectivity index (χ1n) is 12.9. The van der Waals surface area contributed by atoms with Crippen LogP contribution in [0.25, 0.3) is 22.2 Å². The third kappa shape index (κ3) is 4.88. The summed E-state index contributed by atoms with van der Waals surface area (Å²) < 4.78 is 56.2. The third-order valence-electron chi connectivity index (χ3n) is 7.04. The molecule has 10 heteroatoms. The number of halogens is 3. The molecule has 1 aliphatic heterocycles. The first-order chi connectivity index (χ1) is 18.9. The van der Waals surface area contributed by atoms with Gasteiger partial charge in [-0.05, 0) is 69.5 Å². The molecule has 2 aromatic heterocycles. The molecular formula is C30H30F3N3O4. The molecule has 0 unspecified atom stereocenters. The van der Waals surface area contributed by atoms with Crippen molar-refractivity contribution in [2.24, 2.45) is 0 Å². The van der Waals surface area contributed by atoms with Crippen molar-refractivity contribution in [1.82, 2.24) is 9.55 Å². The molecule has 0 saturated heterocycles. The number of carboxylic acid groups (broad SMARTS) is 1. The number of anilines is 1. The monoisotopic (exact) mass is 553 g/mol. The molecule has 0 amide bonds. The Kier molecular flexibility index (Phi) is 6.99. The van der Waals surface area contributed by atoms with E-state index in [0.717, 1.165) is 36.7 Å². The Morgan fingerprint density at radius 3 is 2.70 bits per heavy atom. The summed E-state index contributed by atoms with van der Waals surface area (Å²) in [4.78, 5) is 17.2. The Labute approximate surface area is 229 Å². The van der Waals surface area contributed by atoms with Gasteiger partial charge in [-0.2, -0.15) is 0 Å². The van der Waals surface area contributed by atoms with Crippen molar-refractivity contribution >= 4 is 22.7 Å². The molecule has 40 heavy (non-hydrogen) atoms. The molecule has 0 radical (unpaired) electrons. The molecule has 2 N–H and O–H groups in total. The van der Waals surface area contributed by atoms with Crippen molar-refractivity contribution in [1.29, 1.82) is 0 Å². The number of rotatable bonds is 7. The van der Waals surface area contributed by atoms with Crippen LogP contribution in [-0.2, 0) is 16.1 Å². The maximum absolute atomic E-state index is 14.7. The number of fused-ring (bicyclic) bond motifs is 2. The number of benzene rings is 2. The van der Waals surface area contributed by atoms with Crippen LogP contribution in [0.2, 0.25) is 0 Å². The number of carboxylic acids is 1. The van der Waals surface area contributed by atoms with Crippen LogP contribution in [0.5, 0.6) is 5.75 Å². The molecule has 0 fully saturated rings. The van der Waals surface area contributed by atoms with Crippen molar-refractivity contribution in [3.05, 3.63) is 76.1 Å². The van der Waals surface area contributed by atoms with Gasteiger partial charge in [-0.15, -0.1) is 0 Å². The molecule has 7 nitrogen and oxygen atoms in total. The summed E-state index contributed by atoms with van der Waals surface area (Å²) >= 11 is 0. The fourth-order valence-corrected chi connectivity index (χ4v) is 5.31. The Morgan fingerprint density at radius 2 is 2.00 bits per heavy atom. The van der Waals surface area contributed by atoms with Gasteiger partial charge in [0.05, 0.1) is 12.2 Å². The zero-order chi connectivity index (χ0) is 28.9. The average molecular weight is 554 g/mol. The molecule has 5 rings (SSSR count). The molecule has 2 aromatic carbocycles. The van der Waals surface area contributed by atoms with Gasteiger partial charge < -0.3 is 24.5 Å². The number of pyridine rings is 1. The van der Waals surface area contributed by atoms with Gasteiger partial charge in [-0.3, -0.25) is 0 Å². The molecule has 1 atom stereocenters. The number of nitrogens with zero attached hydrogens (tertiary/aromatic N) is 2. The first kappa shape index (κ1) is 27.5. The Bertz CT molecular complexity index is 1640. The van der Waals surface area contributed by atoms with Crippen molar-refractivity contribution < 1.29 is 32.5 Å². The van der Waals surface area contributed by atoms with E-state index in [1.54, 1.807) is 23.8 Å². The highest BCUT2D eigenvalue weighted by Gasteiger charge is 2.35. The van der Waals surface area contributed by atoms with Crippen LogP contribution < -0.4 is 10.1 Å². The van der Waals surface area contributed by atoms with E-state index in [1.165, 1.54) is 12.1 Å². The van der Waals surface area contributed by atoms with E-state index in [-0.39, 0.29) is 17.7 Å². The maximum atomic E-state index is 14.7. The normalized spacial score (nSPS) is 14.0. The summed E-state index contributed by atoms with van der Waals surface area (Å²) in [5.41, 5.74) is 4.71. The minimum absolute atomic E-state index is 0.00766. The van der Waals surface area contributed by atoms with Gasteiger partial charge in [0.2, 0.25) is 5.85 Å². The standard InChI is InChI=1S/C30H30F3N3O4/c1-15-13-20(16(2)25-26(15)39-12-10-34-25)23-19-9-11-36(14-18-7-6-8-21(31)24(18)32)28(19)35-17(3)22(23)27(29(37)38)40-30(4,5)33/h6-9,11,13,27,34H,10,12,14H2,1-5H3,(H,37,38)/t27-/m0/s1. The zero-order valence-corrected chi connectivity index (χ0v) is 22.9. The second kappa shape index (κ2) is 10.2. The molecule has 0 bridgehead atoms. The highest BCUT2D eigenvalue weighted by Crippen LogP contribution is 2.46. The molecular weight excluding hydrogens is 523 g/mol. The lowest BCUT2D eigenvalue weighted by atomic mass is 9.88. The summed E-state index contributed by atoms with van der Waals surface area (Å²) in [5.74, 6) is -4.81. The predicted octanol–water partition coefficient (Wildman–Crippen LogP) is 6.61. The largest absolute Gasteiger partial charge is 0.489 e. The molecule has 210 valence electrons. The van der Waals surface area contributed by atoms with E-state index < -0.39 is 29.6 Å². The van der Waals surface area contributed by atoms with Gasteiger partial charge in [-0.25, -0.2) is 22.9 Å². The smallest absolute Gasteiger partial charge is 0.337 e. The van der Waals surface area contributed by atoms with Gasteiger partial charge in [0.25, 0.3) is 0 Å². The second-order valence-corrected chi connectivity index (χ2v) is 10.4. The summed E-state index contributed by atoms with van der Waals surface area (Å²) in [5, 5.41) is 14.1. The first-order valence-corrected chi connectivity index (χ1v) is 12.9. The van der Waals surface area contributed by atoms with Crippen LogP contribution in [-0.4, -0.2) is 39.6 Å². The van der Waals surface area contributed by atoms with Gasteiger partial charge >= 0.3 is 5.97 Å². The highest BCUT2D eigenvalue weighted by atomic mass is 19.2. The van der Waals surface area contributed by atoms with Crippen molar-refractivity contribution in [3.8, 4) is 16.9 Å². The number of aromatic nitrogens is 2. The molecule has 0 aliphatic carbocycles. The molecule has 4 aromatic rings. The summed E-state index contributed by atoms with van der Waals surface area (Å²) in [6.45, 7) is 8.81. The number of hydrogen-bond donors (Lipinski definition) is 2. The van der Waals surface area contributed by atoms with Crippen molar-refractivity contribution in [2.75, 3.05) is 18.5 Å². The number of aryl methyl sites for hydroxylation is 2. The maximum Gasteiger partial charge on any atom is 0.337 e. The van der Waals surface area contributed by atoms with E-state index in [0.29, 0.717) is 46.8 Å². The molecule has 0 spiro atoms. The zero-order valence-electron chi connectivity index (χ0n) is 22.9. The number of nitrogens with one attached hydrogen (secondary N) is 1. The SMILES string of the molecule is Cc1cc(-c2c([C@H](OC(C)(C)F)C(=O)O)c(C)nc3c2ccn3Cc2cccc(F)c2F)c(C)c2c1OCCN2. The Hall–Kier alpha value is -4.05. The van der Waals surface area contributed by atoms with Crippen LogP contribution in [0, 0.1) is 32.4 Å². The quantitative estimate of drug-likeness (QED) is 0.268. The van der Waals surface area contributed by atoms with E-state index in [4.69, 9.17) is 9.47 Å². The van der Waals surface area contributed by atoms with E-state index >= 15 is 0 Å². The summed E-state index contributed by atoms with van der Waals surface area (Å²) in [6, 6.07) is 7.63. The van der Waals surface area contributed by atoms with Gasteiger partial charge in [0.15, 0.2) is 17.7 Å². The van der Waals surface area contributed by atoms with Gasteiger partial charge in [0.1, 0.15) is 18.0 Å². The van der Waals surface area contributed by atoms with E-state index in [9.17, 15) is 23.1 Å². The molecule has 0 saturated carbocycles. The number of hydrogen-bond acceptors (Lipinski definition) is 5. The minimum Gasteiger partial charge on any atom is -0.489 e. The number of carbonyl (C=O) groups is 1. The Morgan fingerprint density at radius 1 is 1.25 bits per heavy atom. The summed E-state index contributed by atoms with van der Waals surface area (Å²) in [6.07, 6.45) is 0.0164. The van der Waals surface area contributed by atoms with E-state index in [2.05, 4.69) is 10.3 Å². The highest BCUT2D eigenvalue weighted by molar-refractivity contribution is 6.00. The van der Waals surface area contributed by atoms with Crippen LogP contribution >= 0.6 is 0 Å². The lowest BCUT2D eigenvalue weighted by molar-refractivity contribution is -0.185. The third-order valence-corrected chi connectivity index (χ3v) is 7.04. The lowest BCUT2D eigenvalue weighted by Crippen LogP contribution is -2.27. The Balaban J connectivity index is 1.81. The van der Waals surface area contributed by atoms with E-state index in [1.807, 2.05) is 19.9 Å². The number of aliphatic carboxylic acids is 1. The number of alkyl halides is 1. The topological polar surface area (TPSA) is 85.6 Å². The van der Waals surface area contributed by atoms with Gasteiger partial charge in [0, 0.05) is 40.5 Å². The van der Waals surface area contributed by atoms with Crippen LogP contribution in [0.15, 0.2) is 36.5 Å². The van der Waals surface area contributed by atoms with Crippen LogP contribution in [0.4, 0.5) is 18.9 Å².